The molecular weight excluding hydrogens is 297 g/mol. The van der Waals surface area contributed by atoms with E-state index in [1.807, 2.05) is 0 Å². The SMILES string of the molecule is COCCc1ccc(S(=O)(=O)N2C[C@@H](F)C[C@H]2CO)cc1. The van der Waals surface area contributed by atoms with Gasteiger partial charge in [-0.3, -0.25) is 0 Å². The number of methoxy groups -OCH3 is 1. The molecule has 1 saturated heterocycles. The van der Waals surface area contributed by atoms with Crippen LogP contribution in [0, 0.1) is 0 Å². The zero-order chi connectivity index (χ0) is 15.5. The molecule has 0 radical (unpaired) electrons. The highest BCUT2D eigenvalue weighted by atomic mass is 32.2. The Balaban J connectivity index is 2.19. The Morgan fingerprint density at radius 3 is 2.62 bits per heavy atom. The molecule has 0 amide bonds. The number of rotatable bonds is 6. The van der Waals surface area contributed by atoms with E-state index in [-0.39, 0.29) is 24.5 Å². The van der Waals surface area contributed by atoms with Crippen molar-refractivity contribution in [3.63, 3.8) is 0 Å². The fourth-order valence-corrected chi connectivity index (χ4v) is 4.13. The molecule has 1 aromatic carbocycles. The predicted octanol–water partition coefficient (Wildman–Crippen LogP) is 0.969. The molecular formula is C14H20FNO4S. The van der Waals surface area contributed by atoms with Crippen LogP contribution in [0.1, 0.15) is 12.0 Å². The minimum Gasteiger partial charge on any atom is -0.395 e. The third-order valence-electron chi connectivity index (χ3n) is 3.65. The van der Waals surface area contributed by atoms with Crippen molar-refractivity contribution in [3.05, 3.63) is 29.8 Å². The molecule has 0 aromatic heterocycles. The predicted molar refractivity (Wildman–Crippen MR) is 76.3 cm³/mol. The summed E-state index contributed by atoms with van der Waals surface area (Å²) in [4.78, 5) is 0.121. The highest BCUT2D eigenvalue weighted by Crippen LogP contribution is 2.27. The molecule has 0 unspecified atom stereocenters. The van der Waals surface area contributed by atoms with Crippen LogP contribution < -0.4 is 0 Å². The van der Waals surface area contributed by atoms with Gasteiger partial charge in [0.15, 0.2) is 0 Å². The van der Waals surface area contributed by atoms with Gasteiger partial charge in [-0.05, 0) is 30.5 Å². The van der Waals surface area contributed by atoms with E-state index < -0.39 is 22.2 Å². The number of nitrogens with zero attached hydrogens (tertiary/aromatic N) is 1. The summed E-state index contributed by atoms with van der Waals surface area (Å²) >= 11 is 0. The van der Waals surface area contributed by atoms with Crippen LogP contribution >= 0.6 is 0 Å². The maximum Gasteiger partial charge on any atom is 0.243 e. The first-order valence-corrected chi connectivity index (χ1v) is 8.27. The van der Waals surface area contributed by atoms with Gasteiger partial charge < -0.3 is 9.84 Å². The van der Waals surface area contributed by atoms with Crippen molar-refractivity contribution in [3.8, 4) is 0 Å². The van der Waals surface area contributed by atoms with Crippen LogP contribution in [0.2, 0.25) is 0 Å². The Morgan fingerprint density at radius 1 is 1.38 bits per heavy atom. The highest BCUT2D eigenvalue weighted by Gasteiger charge is 2.39. The number of benzene rings is 1. The van der Waals surface area contributed by atoms with Crippen LogP contribution in [0.3, 0.4) is 0 Å². The fraction of sp³-hybridized carbons (Fsp3) is 0.571. The van der Waals surface area contributed by atoms with Crippen LogP contribution in [0.4, 0.5) is 4.39 Å². The van der Waals surface area contributed by atoms with Gasteiger partial charge >= 0.3 is 0 Å². The van der Waals surface area contributed by atoms with Gasteiger partial charge in [0, 0.05) is 13.7 Å². The first-order valence-electron chi connectivity index (χ1n) is 6.83. The van der Waals surface area contributed by atoms with E-state index in [9.17, 15) is 17.9 Å². The molecule has 5 nitrogen and oxygen atoms in total. The van der Waals surface area contributed by atoms with Gasteiger partial charge in [0.2, 0.25) is 10.0 Å². The van der Waals surface area contributed by atoms with Crippen LogP contribution in [-0.2, 0) is 21.2 Å². The third-order valence-corrected chi connectivity index (χ3v) is 5.58. The summed E-state index contributed by atoms with van der Waals surface area (Å²) in [5.74, 6) is 0. The van der Waals surface area contributed by atoms with Gasteiger partial charge in [-0.1, -0.05) is 12.1 Å². The number of alkyl halides is 1. The summed E-state index contributed by atoms with van der Waals surface area (Å²) in [6.45, 7) is -0.00109. The lowest BCUT2D eigenvalue weighted by Gasteiger charge is -2.22. The lowest BCUT2D eigenvalue weighted by molar-refractivity contribution is 0.202. The molecule has 0 aliphatic carbocycles. The number of aliphatic hydroxyl groups excluding tert-OH is 1. The minimum atomic E-state index is -3.77. The maximum absolute atomic E-state index is 13.4. The molecule has 0 spiro atoms. The topological polar surface area (TPSA) is 66.8 Å². The number of hydrogen-bond donors (Lipinski definition) is 1. The van der Waals surface area contributed by atoms with Crippen molar-refractivity contribution in [1.29, 1.82) is 0 Å². The molecule has 0 bridgehead atoms. The van der Waals surface area contributed by atoms with Crippen molar-refractivity contribution in [2.45, 2.75) is 30.0 Å². The van der Waals surface area contributed by atoms with E-state index in [0.717, 1.165) is 9.87 Å². The normalized spacial score (nSPS) is 23.6. The van der Waals surface area contributed by atoms with Gasteiger partial charge in [-0.2, -0.15) is 4.31 Å². The molecule has 2 rings (SSSR count). The first-order chi connectivity index (χ1) is 9.98. The van der Waals surface area contributed by atoms with Crippen molar-refractivity contribution in [2.75, 3.05) is 26.9 Å². The Labute approximate surface area is 124 Å². The number of sulfonamides is 1. The number of ether oxygens (including phenoxy) is 1. The van der Waals surface area contributed by atoms with E-state index in [2.05, 4.69) is 0 Å². The van der Waals surface area contributed by atoms with Crippen molar-refractivity contribution in [2.24, 2.45) is 0 Å². The van der Waals surface area contributed by atoms with E-state index in [0.29, 0.717) is 13.0 Å². The smallest absolute Gasteiger partial charge is 0.243 e. The molecule has 1 aliphatic heterocycles. The summed E-state index contributed by atoms with van der Waals surface area (Å²) in [5.41, 5.74) is 0.972. The van der Waals surface area contributed by atoms with Crippen molar-refractivity contribution >= 4 is 10.0 Å². The summed E-state index contributed by atoms with van der Waals surface area (Å²) in [6.07, 6.45) is -0.480. The monoisotopic (exact) mass is 317 g/mol. The zero-order valence-electron chi connectivity index (χ0n) is 11.9. The second-order valence-corrected chi connectivity index (χ2v) is 7.02. The Hall–Kier alpha value is -1.02. The Bertz CT molecular complexity index is 561. The standard InChI is InChI=1S/C14H20FNO4S/c1-20-7-6-11-2-4-14(5-3-11)21(18,19)16-9-12(15)8-13(16)10-17/h2-5,12-13,17H,6-10H2,1H3/t12-,13-/m0/s1. The van der Waals surface area contributed by atoms with E-state index in [1.165, 1.54) is 12.1 Å². The second kappa shape index (κ2) is 6.83. The van der Waals surface area contributed by atoms with E-state index in [4.69, 9.17) is 4.74 Å². The second-order valence-electron chi connectivity index (χ2n) is 5.13. The quantitative estimate of drug-likeness (QED) is 0.849. The van der Waals surface area contributed by atoms with Gasteiger partial charge in [0.05, 0.1) is 24.2 Å². The maximum atomic E-state index is 13.4. The third kappa shape index (κ3) is 3.60. The lowest BCUT2D eigenvalue weighted by atomic mass is 10.2. The van der Waals surface area contributed by atoms with Crippen LogP contribution in [0.15, 0.2) is 29.2 Å². The van der Waals surface area contributed by atoms with Gasteiger partial charge in [-0.15, -0.1) is 0 Å². The first kappa shape index (κ1) is 16.4. The molecule has 1 fully saturated rings. The molecule has 1 N–H and O–H groups in total. The van der Waals surface area contributed by atoms with E-state index >= 15 is 0 Å². The van der Waals surface area contributed by atoms with Gasteiger partial charge in [0.1, 0.15) is 6.17 Å². The number of hydrogen-bond acceptors (Lipinski definition) is 4. The molecule has 2 atom stereocenters. The van der Waals surface area contributed by atoms with Crippen molar-refractivity contribution < 1.29 is 22.7 Å². The molecule has 1 aromatic rings. The summed E-state index contributed by atoms with van der Waals surface area (Å²) in [6, 6.07) is 5.80. The van der Waals surface area contributed by atoms with Gasteiger partial charge in [-0.25, -0.2) is 12.8 Å². The highest BCUT2D eigenvalue weighted by molar-refractivity contribution is 7.89. The fourth-order valence-electron chi connectivity index (χ4n) is 2.48. The Kier molecular flexibility index (Phi) is 5.32. The minimum absolute atomic E-state index is 0.0433. The summed E-state index contributed by atoms with van der Waals surface area (Å²) < 4.78 is 44.5. The largest absolute Gasteiger partial charge is 0.395 e. The van der Waals surface area contributed by atoms with Crippen LogP contribution in [0.25, 0.3) is 0 Å². The van der Waals surface area contributed by atoms with E-state index in [1.54, 1.807) is 19.2 Å². The summed E-state index contributed by atoms with van der Waals surface area (Å²) in [7, 11) is -2.16. The average Bonchev–Trinajstić information content (AvgIpc) is 2.87. The number of aliphatic hydroxyl groups is 1. The molecule has 21 heavy (non-hydrogen) atoms. The summed E-state index contributed by atoms with van der Waals surface area (Å²) in [5, 5.41) is 9.22. The lowest BCUT2D eigenvalue weighted by Crippen LogP contribution is -2.37. The molecule has 0 saturated carbocycles. The van der Waals surface area contributed by atoms with Crippen molar-refractivity contribution in [1.82, 2.24) is 4.31 Å². The molecule has 1 aliphatic rings. The molecule has 7 heteroatoms. The molecule has 1 heterocycles. The Morgan fingerprint density at radius 2 is 2.05 bits per heavy atom. The van der Waals surface area contributed by atoms with Crippen LogP contribution in [-0.4, -0.2) is 56.9 Å². The molecule has 118 valence electrons. The van der Waals surface area contributed by atoms with Gasteiger partial charge in [0.25, 0.3) is 0 Å². The zero-order valence-corrected chi connectivity index (χ0v) is 12.7. The number of halogens is 1. The van der Waals surface area contributed by atoms with Crippen LogP contribution in [0.5, 0.6) is 0 Å². The average molecular weight is 317 g/mol.